The number of fused-ring (bicyclic) bond motifs is 1. The van der Waals surface area contributed by atoms with Crippen LogP contribution < -0.4 is 10.1 Å². The van der Waals surface area contributed by atoms with Gasteiger partial charge in [-0.2, -0.15) is 9.97 Å². The molecule has 0 radical (unpaired) electrons. The second-order valence-corrected chi connectivity index (χ2v) is 6.76. The summed E-state index contributed by atoms with van der Waals surface area (Å²) in [7, 11) is 5.17. The molecule has 0 spiro atoms. The number of nitrogens with zero attached hydrogens (tertiary/aromatic N) is 3. The normalized spacial score (nSPS) is 14.2. The highest BCUT2D eigenvalue weighted by Gasteiger charge is 2.24. The van der Waals surface area contributed by atoms with Crippen molar-refractivity contribution in [3.8, 4) is 6.01 Å². The molecular weight excluding hydrogens is 344 g/mol. The largest absolute Gasteiger partial charge is 0.467 e. The molecule has 0 unspecified atom stereocenters. The van der Waals surface area contributed by atoms with Crippen molar-refractivity contribution in [3.63, 3.8) is 0 Å². The van der Waals surface area contributed by atoms with E-state index in [1.807, 2.05) is 19.2 Å². The Balaban J connectivity index is 1.72. The van der Waals surface area contributed by atoms with E-state index in [-0.39, 0.29) is 11.9 Å². The van der Waals surface area contributed by atoms with Crippen LogP contribution in [0, 0.1) is 0 Å². The molecular formula is C20H26N4O3. The molecule has 1 amide bonds. The summed E-state index contributed by atoms with van der Waals surface area (Å²) in [5, 5.41) is 3.65. The number of rotatable bonds is 9. The van der Waals surface area contributed by atoms with Crippen molar-refractivity contribution < 1.29 is 14.3 Å². The zero-order valence-electron chi connectivity index (χ0n) is 16.1. The lowest BCUT2D eigenvalue weighted by Crippen LogP contribution is -2.23. The predicted molar refractivity (Wildman–Crippen MR) is 105 cm³/mol. The molecule has 1 aromatic carbocycles. The third-order valence-electron chi connectivity index (χ3n) is 4.54. The van der Waals surface area contributed by atoms with E-state index in [9.17, 15) is 4.79 Å². The van der Waals surface area contributed by atoms with Crippen molar-refractivity contribution in [2.24, 2.45) is 0 Å². The van der Waals surface area contributed by atoms with Gasteiger partial charge in [0.2, 0.25) is 5.91 Å². The quantitative estimate of drug-likeness (QED) is 0.684. The van der Waals surface area contributed by atoms with Crippen molar-refractivity contribution >= 4 is 22.6 Å². The molecule has 1 N–H and O–H groups in total. The minimum atomic E-state index is -0.233. The van der Waals surface area contributed by atoms with E-state index in [4.69, 9.17) is 9.47 Å². The number of methoxy groups -OCH3 is 2. The summed E-state index contributed by atoms with van der Waals surface area (Å²) < 4.78 is 10.2. The Hall–Kier alpha value is -2.51. The minimum Gasteiger partial charge on any atom is -0.467 e. The van der Waals surface area contributed by atoms with E-state index in [2.05, 4.69) is 32.3 Å². The zero-order valence-corrected chi connectivity index (χ0v) is 16.1. The average molecular weight is 370 g/mol. The predicted octanol–water partition coefficient (Wildman–Crippen LogP) is 2.59. The summed E-state index contributed by atoms with van der Waals surface area (Å²) in [4.78, 5) is 23.1. The number of benzene rings is 1. The Morgan fingerprint density at radius 1 is 1.33 bits per heavy atom. The number of anilines is 1. The molecule has 0 aliphatic heterocycles. The topological polar surface area (TPSA) is 76.6 Å². The van der Waals surface area contributed by atoms with Gasteiger partial charge in [0, 0.05) is 31.7 Å². The number of hydrogen-bond donors (Lipinski definition) is 1. The van der Waals surface area contributed by atoms with Crippen LogP contribution in [-0.2, 0) is 9.53 Å². The van der Waals surface area contributed by atoms with E-state index >= 15 is 0 Å². The molecule has 1 heterocycles. The van der Waals surface area contributed by atoms with Gasteiger partial charge in [-0.05, 0) is 43.5 Å². The Kier molecular flexibility index (Phi) is 6.36. The maximum atomic E-state index is 12.3. The summed E-state index contributed by atoms with van der Waals surface area (Å²) in [5.41, 5.74) is 2.06. The number of aromatic nitrogens is 2. The standard InChI is InChI=1S/C20H26N4O3/c1-24(11-12-26-2)10-4-5-18(25)22-19-16-9-8-15(14-6-7-14)13-17(16)21-20(23-19)27-3/h4-5,8-9,13-14H,6-7,10-12H2,1-3H3,(H,21,22,23,25). The first-order valence-corrected chi connectivity index (χ1v) is 9.11. The zero-order chi connectivity index (χ0) is 19.2. The summed E-state index contributed by atoms with van der Waals surface area (Å²) in [6, 6.07) is 6.37. The molecule has 0 atom stereocenters. The van der Waals surface area contributed by atoms with Crippen LogP contribution in [0.5, 0.6) is 6.01 Å². The Morgan fingerprint density at radius 2 is 2.15 bits per heavy atom. The van der Waals surface area contributed by atoms with Gasteiger partial charge in [0.15, 0.2) is 0 Å². The van der Waals surface area contributed by atoms with Gasteiger partial charge in [0.1, 0.15) is 5.82 Å². The number of nitrogens with one attached hydrogen (secondary N) is 1. The lowest BCUT2D eigenvalue weighted by atomic mass is 10.1. The van der Waals surface area contributed by atoms with Crippen molar-refractivity contribution in [1.82, 2.24) is 14.9 Å². The van der Waals surface area contributed by atoms with Gasteiger partial charge in [-0.25, -0.2) is 0 Å². The molecule has 2 aromatic rings. The minimum absolute atomic E-state index is 0.233. The monoisotopic (exact) mass is 370 g/mol. The number of carbonyl (C=O) groups is 1. The Labute approximate surface area is 159 Å². The van der Waals surface area contributed by atoms with Crippen LogP contribution in [0.4, 0.5) is 5.82 Å². The maximum absolute atomic E-state index is 12.3. The fourth-order valence-corrected chi connectivity index (χ4v) is 2.82. The molecule has 1 aromatic heterocycles. The number of amides is 1. The van der Waals surface area contributed by atoms with Gasteiger partial charge < -0.3 is 19.7 Å². The van der Waals surface area contributed by atoms with Crippen LogP contribution in [0.3, 0.4) is 0 Å². The number of likely N-dealkylation sites (N-methyl/N-ethyl adjacent to an activating group) is 1. The fourth-order valence-electron chi connectivity index (χ4n) is 2.82. The molecule has 1 saturated carbocycles. The summed E-state index contributed by atoms with van der Waals surface area (Å²) in [6.45, 7) is 2.13. The second-order valence-electron chi connectivity index (χ2n) is 6.76. The highest BCUT2D eigenvalue weighted by Crippen LogP contribution is 2.41. The lowest BCUT2D eigenvalue weighted by molar-refractivity contribution is -0.111. The van der Waals surface area contributed by atoms with Crippen molar-refractivity contribution in [1.29, 1.82) is 0 Å². The first kappa shape index (κ1) is 19.3. The Morgan fingerprint density at radius 3 is 2.85 bits per heavy atom. The summed E-state index contributed by atoms with van der Waals surface area (Å²) in [6.07, 6.45) is 5.78. The van der Waals surface area contributed by atoms with Crippen molar-refractivity contribution in [2.75, 3.05) is 46.3 Å². The van der Waals surface area contributed by atoms with Gasteiger partial charge >= 0.3 is 6.01 Å². The molecule has 7 nitrogen and oxygen atoms in total. The van der Waals surface area contributed by atoms with Crippen LogP contribution >= 0.6 is 0 Å². The van der Waals surface area contributed by atoms with E-state index in [1.54, 1.807) is 7.11 Å². The van der Waals surface area contributed by atoms with Gasteiger partial charge in [-0.3, -0.25) is 4.79 Å². The highest BCUT2D eigenvalue weighted by atomic mass is 16.5. The average Bonchev–Trinajstić information content (AvgIpc) is 3.51. The van der Waals surface area contributed by atoms with Gasteiger partial charge in [0.25, 0.3) is 0 Å². The third kappa shape index (κ3) is 5.24. The van der Waals surface area contributed by atoms with Crippen molar-refractivity contribution in [2.45, 2.75) is 18.8 Å². The molecule has 3 rings (SSSR count). The smallest absolute Gasteiger partial charge is 0.318 e. The van der Waals surface area contributed by atoms with E-state index in [1.165, 1.54) is 31.6 Å². The molecule has 144 valence electrons. The van der Waals surface area contributed by atoms with Crippen LogP contribution in [-0.4, -0.2) is 61.7 Å². The number of hydrogen-bond acceptors (Lipinski definition) is 6. The highest BCUT2D eigenvalue weighted by molar-refractivity contribution is 6.04. The van der Waals surface area contributed by atoms with E-state index < -0.39 is 0 Å². The van der Waals surface area contributed by atoms with Gasteiger partial charge in [-0.1, -0.05) is 12.1 Å². The van der Waals surface area contributed by atoms with Gasteiger partial charge in [-0.15, -0.1) is 0 Å². The third-order valence-corrected chi connectivity index (χ3v) is 4.54. The fraction of sp³-hybridized carbons (Fsp3) is 0.450. The van der Waals surface area contributed by atoms with E-state index in [0.717, 1.165) is 17.4 Å². The maximum Gasteiger partial charge on any atom is 0.318 e. The molecule has 1 fully saturated rings. The SMILES string of the molecule is COCCN(C)CC=CC(=O)Nc1nc(OC)nc2cc(C3CC3)ccc12. The molecule has 27 heavy (non-hydrogen) atoms. The van der Waals surface area contributed by atoms with Crippen LogP contribution in [0.1, 0.15) is 24.3 Å². The first-order valence-electron chi connectivity index (χ1n) is 9.11. The van der Waals surface area contributed by atoms with Crippen LogP contribution in [0.25, 0.3) is 10.9 Å². The van der Waals surface area contributed by atoms with Crippen LogP contribution in [0.15, 0.2) is 30.4 Å². The first-order chi connectivity index (χ1) is 13.1. The second kappa shape index (κ2) is 8.92. The molecule has 1 aliphatic rings. The number of carbonyl (C=O) groups excluding carboxylic acids is 1. The molecule has 0 bridgehead atoms. The summed E-state index contributed by atoms with van der Waals surface area (Å²) >= 11 is 0. The lowest BCUT2D eigenvalue weighted by Gasteiger charge is -2.13. The molecule has 0 saturated heterocycles. The molecule has 7 heteroatoms. The Bertz CT molecular complexity index is 833. The number of ether oxygens (including phenoxy) is 2. The van der Waals surface area contributed by atoms with Gasteiger partial charge in [0.05, 0.1) is 19.2 Å². The van der Waals surface area contributed by atoms with Crippen LogP contribution in [0.2, 0.25) is 0 Å². The van der Waals surface area contributed by atoms with Crippen molar-refractivity contribution in [3.05, 3.63) is 35.9 Å². The van der Waals surface area contributed by atoms with E-state index in [0.29, 0.717) is 24.9 Å². The summed E-state index contributed by atoms with van der Waals surface area (Å²) in [5.74, 6) is 0.858. The molecule has 1 aliphatic carbocycles.